The van der Waals surface area contributed by atoms with Crippen molar-refractivity contribution in [2.45, 2.75) is 10.8 Å². The Bertz CT molecular complexity index is 575. The summed E-state index contributed by atoms with van der Waals surface area (Å²) >= 11 is 1.55. The van der Waals surface area contributed by atoms with Gasteiger partial charge in [0.1, 0.15) is 0 Å². The van der Waals surface area contributed by atoms with Crippen LogP contribution in [0.1, 0.15) is 5.56 Å². The lowest BCUT2D eigenvalue weighted by Crippen LogP contribution is -1.97. The molecule has 0 spiro atoms. The van der Waals surface area contributed by atoms with E-state index in [0.717, 1.165) is 16.3 Å². The molecule has 0 unspecified atom stereocenters. The Morgan fingerprint density at radius 1 is 1.37 bits per heavy atom. The highest BCUT2D eigenvalue weighted by molar-refractivity contribution is 7.98. The van der Waals surface area contributed by atoms with E-state index in [9.17, 15) is 10.1 Å². The molecule has 2 aromatic rings. The molecule has 0 radical (unpaired) electrons. The van der Waals surface area contributed by atoms with Crippen LogP contribution in [0.25, 0.3) is 0 Å². The van der Waals surface area contributed by atoms with Crippen molar-refractivity contribution in [3.63, 3.8) is 0 Å². The second-order valence-corrected chi connectivity index (χ2v) is 4.80. The van der Waals surface area contributed by atoms with Gasteiger partial charge in [0.15, 0.2) is 0 Å². The van der Waals surface area contributed by atoms with Crippen molar-refractivity contribution in [2.75, 3.05) is 12.4 Å². The number of nitro groups is 1. The van der Waals surface area contributed by atoms with Gasteiger partial charge in [0.2, 0.25) is 0 Å². The predicted molar refractivity (Wildman–Crippen MR) is 76.4 cm³/mol. The minimum Gasteiger partial charge on any atom is -0.388 e. The van der Waals surface area contributed by atoms with E-state index in [2.05, 4.69) is 10.3 Å². The van der Waals surface area contributed by atoms with Gasteiger partial charge in [-0.05, 0) is 23.8 Å². The largest absolute Gasteiger partial charge is 0.388 e. The van der Waals surface area contributed by atoms with Crippen LogP contribution in [0.2, 0.25) is 0 Å². The average molecular weight is 275 g/mol. The van der Waals surface area contributed by atoms with E-state index >= 15 is 0 Å². The molecule has 0 fully saturated rings. The maximum atomic E-state index is 10.8. The van der Waals surface area contributed by atoms with Crippen molar-refractivity contribution >= 4 is 23.1 Å². The molecule has 1 aromatic heterocycles. The molecule has 98 valence electrons. The number of rotatable bonds is 5. The van der Waals surface area contributed by atoms with E-state index in [1.54, 1.807) is 37.1 Å². The first-order chi connectivity index (χ1) is 9.20. The molecule has 19 heavy (non-hydrogen) atoms. The number of hydrogen-bond donors (Lipinski definition) is 1. The number of benzene rings is 1. The highest BCUT2D eigenvalue weighted by Crippen LogP contribution is 2.28. The number of nitrogens with one attached hydrogen (secondary N) is 1. The molecule has 5 nitrogen and oxygen atoms in total. The number of nitro benzene ring substituents is 1. The molecule has 0 aliphatic rings. The van der Waals surface area contributed by atoms with E-state index in [1.165, 1.54) is 6.07 Å². The fourth-order valence-corrected chi connectivity index (χ4v) is 2.49. The fraction of sp³-hybridized carbons (Fsp3) is 0.154. The van der Waals surface area contributed by atoms with Crippen molar-refractivity contribution < 1.29 is 4.92 Å². The third-order valence-electron chi connectivity index (χ3n) is 2.58. The van der Waals surface area contributed by atoms with Gasteiger partial charge in [-0.1, -0.05) is 6.07 Å². The van der Waals surface area contributed by atoms with Crippen molar-refractivity contribution in [3.05, 3.63) is 58.3 Å². The lowest BCUT2D eigenvalue weighted by atomic mass is 10.2. The van der Waals surface area contributed by atoms with Crippen molar-refractivity contribution in [1.82, 2.24) is 4.98 Å². The van der Waals surface area contributed by atoms with Crippen molar-refractivity contribution in [1.29, 1.82) is 0 Å². The number of non-ortho nitro benzene ring substituents is 1. The van der Waals surface area contributed by atoms with Crippen LogP contribution in [-0.4, -0.2) is 17.0 Å². The summed E-state index contributed by atoms with van der Waals surface area (Å²) in [5.41, 5.74) is 1.90. The quantitative estimate of drug-likeness (QED) is 0.515. The maximum Gasteiger partial charge on any atom is 0.269 e. The highest BCUT2D eigenvalue weighted by Gasteiger charge is 2.10. The maximum absolute atomic E-state index is 10.8. The summed E-state index contributed by atoms with van der Waals surface area (Å²) in [5.74, 6) is 0.634. The van der Waals surface area contributed by atoms with Gasteiger partial charge in [0.25, 0.3) is 5.69 Å². The number of anilines is 1. The van der Waals surface area contributed by atoms with Crippen LogP contribution >= 0.6 is 11.8 Å². The van der Waals surface area contributed by atoms with Crippen LogP contribution in [0.4, 0.5) is 11.4 Å². The van der Waals surface area contributed by atoms with Crippen molar-refractivity contribution in [2.24, 2.45) is 0 Å². The van der Waals surface area contributed by atoms with E-state index in [4.69, 9.17) is 0 Å². The van der Waals surface area contributed by atoms with Crippen LogP contribution in [0.3, 0.4) is 0 Å². The Morgan fingerprint density at radius 2 is 2.21 bits per heavy atom. The Kier molecular flexibility index (Phi) is 4.35. The van der Waals surface area contributed by atoms with Gasteiger partial charge in [0, 0.05) is 36.8 Å². The van der Waals surface area contributed by atoms with Crippen LogP contribution in [-0.2, 0) is 5.75 Å². The lowest BCUT2D eigenvalue weighted by molar-refractivity contribution is -0.384. The molecule has 0 atom stereocenters. The van der Waals surface area contributed by atoms with Crippen LogP contribution in [0.5, 0.6) is 0 Å². The summed E-state index contributed by atoms with van der Waals surface area (Å²) in [4.78, 5) is 14.6. The van der Waals surface area contributed by atoms with Gasteiger partial charge in [0.05, 0.1) is 9.95 Å². The second kappa shape index (κ2) is 6.19. The number of nitrogens with zero attached hydrogens (tertiary/aromatic N) is 2. The Morgan fingerprint density at radius 3 is 2.84 bits per heavy atom. The Balaban J connectivity index is 2.18. The molecule has 0 aliphatic heterocycles. The number of pyridine rings is 1. The SMILES string of the molecule is CNc1ccc([N+](=O)[O-])cc1CSc1ccccn1. The third-order valence-corrected chi connectivity index (χ3v) is 3.57. The van der Waals surface area contributed by atoms with Gasteiger partial charge in [-0.25, -0.2) is 4.98 Å². The summed E-state index contributed by atoms with van der Waals surface area (Å²) in [6.45, 7) is 0. The molecular weight excluding hydrogens is 262 g/mol. The first kappa shape index (κ1) is 13.4. The molecule has 1 N–H and O–H groups in total. The van der Waals surface area contributed by atoms with Crippen molar-refractivity contribution in [3.8, 4) is 0 Å². The van der Waals surface area contributed by atoms with Gasteiger partial charge in [-0.3, -0.25) is 10.1 Å². The third kappa shape index (κ3) is 3.45. The fourth-order valence-electron chi connectivity index (χ4n) is 1.64. The summed E-state index contributed by atoms with van der Waals surface area (Å²) in [6, 6.07) is 10.5. The molecule has 0 bridgehead atoms. The van der Waals surface area contributed by atoms with Gasteiger partial charge in [-0.15, -0.1) is 11.8 Å². The average Bonchev–Trinajstić information content (AvgIpc) is 2.45. The first-order valence-electron chi connectivity index (χ1n) is 5.69. The molecule has 0 aliphatic carbocycles. The van der Waals surface area contributed by atoms with E-state index < -0.39 is 0 Å². The monoisotopic (exact) mass is 275 g/mol. The number of hydrogen-bond acceptors (Lipinski definition) is 5. The number of aromatic nitrogens is 1. The Labute approximate surface area is 115 Å². The lowest BCUT2D eigenvalue weighted by Gasteiger charge is -2.08. The summed E-state index contributed by atoms with van der Waals surface area (Å²) in [7, 11) is 1.80. The summed E-state index contributed by atoms with van der Waals surface area (Å²) < 4.78 is 0. The standard InChI is InChI=1S/C13H13N3O2S/c1-14-12-6-5-11(16(17)18)8-10(12)9-19-13-4-2-3-7-15-13/h2-8,14H,9H2,1H3. The second-order valence-electron chi connectivity index (χ2n) is 3.81. The van der Waals surface area contributed by atoms with E-state index in [1.807, 2.05) is 18.2 Å². The topological polar surface area (TPSA) is 68.1 Å². The summed E-state index contributed by atoms with van der Waals surface area (Å²) in [5, 5.41) is 14.7. The molecule has 2 rings (SSSR count). The zero-order chi connectivity index (χ0) is 13.7. The summed E-state index contributed by atoms with van der Waals surface area (Å²) in [6.07, 6.45) is 1.73. The molecule has 0 saturated heterocycles. The van der Waals surface area contributed by atoms with E-state index in [0.29, 0.717) is 5.75 Å². The zero-order valence-corrected chi connectivity index (χ0v) is 11.2. The molecule has 1 aromatic carbocycles. The minimum atomic E-state index is -0.381. The Hall–Kier alpha value is -2.08. The molecule has 1 heterocycles. The zero-order valence-electron chi connectivity index (χ0n) is 10.4. The first-order valence-corrected chi connectivity index (χ1v) is 6.68. The molecule has 6 heteroatoms. The van der Waals surface area contributed by atoms with Gasteiger partial charge in [-0.2, -0.15) is 0 Å². The smallest absolute Gasteiger partial charge is 0.269 e. The molecule has 0 saturated carbocycles. The van der Waals surface area contributed by atoms with Crippen LogP contribution in [0.15, 0.2) is 47.6 Å². The van der Waals surface area contributed by atoms with E-state index in [-0.39, 0.29) is 10.6 Å². The normalized spacial score (nSPS) is 10.2. The van der Waals surface area contributed by atoms with Gasteiger partial charge >= 0.3 is 0 Å². The molecule has 0 amide bonds. The minimum absolute atomic E-state index is 0.107. The van der Waals surface area contributed by atoms with Crippen LogP contribution < -0.4 is 5.32 Å². The number of thioether (sulfide) groups is 1. The predicted octanol–water partition coefficient (Wildman–Crippen LogP) is 3.32. The highest BCUT2D eigenvalue weighted by atomic mass is 32.2. The molecular formula is C13H13N3O2S. The van der Waals surface area contributed by atoms with Gasteiger partial charge < -0.3 is 5.32 Å². The van der Waals surface area contributed by atoms with Crippen LogP contribution in [0, 0.1) is 10.1 Å².